The van der Waals surface area contributed by atoms with Gasteiger partial charge in [-0.25, -0.2) is 0 Å². The van der Waals surface area contributed by atoms with Crippen molar-refractivity contribution in [3.8, 4) is 5.75 Å². The fourth-order valence-electron chi connectivity index (χ4n) is 3.77. The highest BCUT2D eigenvalue weighted by Gasteiger charge is 2.37. The molecule has 1 aliphatic heterocycles. The SMILES string of the molecule is COc1ccc(C)cc1CNC1CC(C)(C)NC(C)(C)C1. The van der Waals surface area contributed by atoms with Crippen LogP contribution in [0.4, 0.5) is 0 Å². The van der Waals surface area contributed by atoms with E-state index in [4.69, 9.17) is 4.74 Å². The van der Waals surface area contributed by atoms with Crippen LogP contribution in [0.15, 0.2) is 18.2 Å². The number of hydrogen-bond donors (Lipinski definition) is 2. The standard InChI is InChI=1S/C18H30N2O/c1-13-7-8-16(21-6)14(9-13)12-19-15-10-17(2,3)20-18(4,5)11-15/h7-9,15,19-20H,10-12H2,1-6H3. The van der Waals surface area contributed by atoms with Crippen molar-refractivity contribution in [2.24, 2.45) is 0 Å². The molecule has 118 valence electrons. The third kappa shape index (κ3) is 4.45. The zero-order chi connectivity index (χ0) is 15.7. The Morgan fingerprint density at radius 2 is 1.81 bits per heavy atom. The highest BCUT2D eigenvalue weighted by Crippen LogP contribution is 2.29. The van der Waals surface area contributed by atoms with Crippen LogP contribution in [-0.4, -0.2) is 24.2 Å². The summed E-state index contributed by atoms with van der Waals surface area (Å²) < 4.78 is 5.47. The predicted octanol–water partition coefficient (Wildman–Crippen LogP) is 3.40. The van der Waals surface area contributed by atoms with E-state index >= 15 is 0 Å². The first-order chi connectivity index (χ1) is 9.71. The van der Waals surface area contributed by atoms with Gasteiger partial charge in [0.05, 0.1) is 7.11 Å². The number of nitrogens with one attached hydrogen (secondary N) is 2. The van der Waals surface area contributed by atoms with Crippen molar-refractivity contribution in [2.75, 3.05) is 7.11 Å². The van der Waals surface area contributed by atoms with Crippen LogP contribution in [0.1, 0.15) is 51.7 Å². The molecule has 1 aromatic rings. The Balaban J connectivity index is 2.04. The number of rotatable bonds is 4. The second-order valence-electron chi connectivity index (χ2n) is 7.69. The average Bonchev–Trinajstić information content (AvgIpc) is 2.33. The van der Waals surface area contributed by atoms with Gasteiger partial charge in [-0.2, -0.15) is 0 Å². The molecule has 0 aromatic heterocycles. The molecule has 0 radical (unpaired) electrons. The molecule has 2 rings (SSSR count). The number of piperidine rings is 1. The van der Waals surface area contributed by atoms with E-state index in [1.807, 2.05) is 0 Å². The van der Waals surface area contributed by atoms with E-state index in [0.717, 1.165) is 25.1 Å². The summed E-state index contributed by atoms with van der Waals surface area (Å²) in [6.45, 7) is 12.1. The van der Waals surface area contributed by atoms with Crippen LogP contribution in [0.2, 0.25) is 0 Å². The molecule has 0 atom stereocenters. The summed E-state index contributed by atoms with van der Waals surface area (Å²) >= 11 is 0. The van der Waals surface area contributed by atoms with E-state index in [9.17, 15) is 0 Å². The molecule has 0 unspecified atom stereocenters. The maximum absolute atomic E-state index is 5.47. The van der Waals surface area contributed by atoms with Crippen LogP contribution in [0.25, 0.3) is 0 Å². The van der Waals surface area contributed by atoms with Crippen molar-refractivity contribution in [3.05, 3.63) is 29.3 Å². The number of methoxy groups -OCH3 is 1. The lowest BCUT2D eigenvalue weighted by Crippen LogP contribution is -2.61. The minimum absolute atomic E-state index is 0.177. The minimum atomic E-state index is 0.177. The van der Waals surface area contributed by atoms with Gasteiger partial charge in [-0.15, -0.1) is 0 Å². The molecular formula is C18H30N2O. The van der Waals surface area contributed by atoms with Crippen LogP contribution >= 0.6 is 0 Å². The van der Waals surface area contributed by atoms with Crippen molar-refractivity contribution in [2.45, 2.75) is 71.1 Å². The molecular weight excluding hydrogens is 260 g/mol. The largest absolute Gasteiger partial charge is 0.496 e. The van der Waals surface area contributed by atoms with Gasteiger partial charge in [0.15, 0.2) is 0 Å². The monoisotopic (exact) mass is 290 g/mol. The van der Waals surface area contributed by atoms with E-state index < -0.39 is 0 Å². The van der Waals surface area contributed by atoms with Crippen LogP contribution in [0.3, 0.4) is 0 Å². The van der Waals surface area contributed by atoms with Crippen molar-refractivity contribution >= 4 is 0 Å². The Morgan fingerprint density at radius 1 is 1.19 bits per heavy atom. The Morgan fingerprint density at radius 3 is 2.38 bits per heavy atom. The predicted molar refractivity (Wildman–Crippen MR) is 88.9 cm³/mol. The molecule has 1 heterocycles. The van der Waals surface area contributed by atoms with Crippen LogP contribution < -0.4 is 15.4 Å². The molecule has 1 aliphatic rings. The highest BCUT2D eigenvalue weighted by atomic mass is 16.5. The summed E-state index contributed by atoms with van der Waals surface area (Å²) in [5.41, 5.74) is 2.87. The van der Waals surface area contributed by atoms with Gasteiger partial charge < -0.3 is 15.4 Å². The van der Waals surface area contributed by atoms with Crippen molar-refractivity contribution in [1.82, 2.24) is 10.6 Å². The summed E-state index contributed by atoms with van der Waals surface area (Å²) in [5.74, 6) is 0.973. The van der Waals surface area contributed by atoms with E-state index in [1.165, 1.54) is 11.1 Å². The van der Waals surface area contributed by atoms with Crippen LogP contribution in [0.5, 0.6) is 5.75 Å². The molecule has 0 amide bonds. The van der Waals surface area contributed by atoms with Gasteiger partial charge in [0, 0.05) is 29.2 Å². The summed E-state index contributed by atoms with van der Waals surface area (Å²) in [7, 11) is 1.74. The van der Waals surface area contributed by atoms with E-state index in [0.29, 0.717) is 6.04 Å². The highest BCUT2D eigenvalue weighted by molar-refractivity contribution is 5.36. The third-order valence-corrected chi connectivity index (χ3v) is 4.21. The molecule has 3 nitrogen and oxygen atoms in total. The number of benzene rings is 1. The first-order valence-electron chi connectivity index (χ1n) is 7.87. The molecule has 0 bridgehead atoms. The Kier molecular flexibility index (Phi) is 4.64. The zero-order valence-corrected chi connectivity index (χ0v) is 14.3. The Labute approximate surface area is 129 Å². The summed E-state index contributed by atoms with van der Waals surface area (Å²) in [4.78, 5) is 0. The normalized spacial score (nSPS) is 21.2. The maximum atomic E-state index is 5.47. The molecule has 3 heteroatoms. The van der Waals surface area contributed by atoms with Gasteiger partial charge in [0.25, 0.3) is 0 Å². The second kappa shape index (κ2) is 5.98. The van der Waals surface area contributed by atoms with Crippen LogP contribution in [0, 0.1) is 6.92 Å². The zero-order valence-electron chi connectivity index (χ0n) is 14.3. The van der Waals surface area contributed by atoms with Gasteiger partial charge in [0.1, 0.15) is 5.75 Å². The fraction of sp³-hybridized carbons (Fsp3) is 0.667. The van der Waals surface area contributed by atoms with Crippen molar-refractivity contribution < 1.29 is 4.74 Å². The van der Waals surface area contributed by atoms with Gasteiger partial charge in [-0.3, -0.25) is 0 Å². The smallest absolute Gasteiger partial charge is 0.123 e. The lowest BCUT2D eigenvalue weighted by molar-refractivity contribution is 0.145. The van der Waals surface area contributed by atoms with Gasteiger partial charge in [-0.1, -0.05) is 17.7 Å². The Hall–Kier alpha value is -1.06. The maximum Gasteiger partial charge on any atom is 0.123 e. The molecule has 2 N–H and O–H groups in total. The van der Waals surface area contributed by atoms with Gasteiger partial charge in [-0.05, 0) is 53.5 Å². The summed E-state index contributed by atoms with van der Waals surface area (Å²) in [5, 5.41) is 7.46. The lowest BCUT2D eigenvalue weighted by atomic mass is 9.79. The van der Waals surface area contributed by atoms with Crippen LogP contribution in [-0.2, 0) is 6.54 Å². The average molecular weight is 290 g/mol. The Bertz CT molecular complexity index is 478. The summed E-state index contributed by atoms with van der Waals surface area (Å²) in [6.07, 6.45) is 2.29. The number of ether oxygens (including phenoxy) is 1. The molecule has 1 aromatic carbocycles. The van der Waals surface area contributed by atoms with E-state index in [1.54, 1.807) is 7.11 Å². The quantitative estimate of drug-likeness (QED) is 0.891. The van der Waals surface area contributed by atoms with E-state index in [2.05, 4.69) is 63.5 Å². The molecule has 1 fully saturated rings. The van der Waals surface area contributed by atoms with Crippen molar-refractivity contribution in [1.29, 1.82) is 0 Å². The van der Waals surface area contributed by atoms with Gasteiger partial charge in [0.2, 0.25) is 0 Å². The first-order valence-corrected chi connectivity index (χ1v) is 7.87. The topological polar surface area (TPSA) is 33.3 Å². The van der Waals surface area contributed by atoms with Crippen molar-refractivity contribution in [3.63, 3.8) is 0 Å². The van der Waals surface area contributed by atoms with Gasteiger partial charge >= 0.3 is 0 Å². The second-order valence-corrected chi connectivity index (χ2v) is 7.69. The van der Waals surface area contributed by atoms with E-state index in [-0.39, 0.29) is 11.1 Å². The molecule has 0 spiro atoms. The molecule has 0 aliphatic carbocycles. The summed E-state index contributed by atoms with van der Waals surface area (Å²) in [6, 6.07) is 6.90. The third-order valence-electron chi connectivity index (χ3n) is 4.21. The molecule has 1 saturated heterocycles. The fourth-order valence-corrected chi connectivity index (χ4v) is 3.77. The molecule has 21 heavy (non-hydrogen) atoms. The first kappa shape index (κ1) is 16.3. The number of hydrogen-bond acceptors (Lipinski definition) is 3. The minimum Gasteiger partial charge on any atom is -0.496 e. The number of aryl methyl sites for hydroxylation is 1. The molecule has 0 saturated carbocycles. The lowest BCUT2D eigenvalue weighted by Gasteiger charge is -2.46.